The molecule has 0 unspecified atom stereocenters. The molecular formula is C19H15FN2O3S. The molecule has 2 aromatic heterocycles. The Balaban J connectivity index is 1.68. The number of nitriles is 1. The van der Waals surface area contributed by atoms with Crippen LogP contribution < -0.4 is 10.1 Å². The standard InChI is InChI=1S/C19H15FN2O3S/c1-11-12(2)26-19(14(11)9-21)22-18(23)17-8-7-13(25-17)10-24-16-6-4-3-5-15(16)20/h3-8H,10H2,1-2H3,(H,22,23). The average molecular weight is 370 g/mol. The SMILES string of the molecule is Cc1sc(NC(=O)c2ccc(COc3ccccc3F)o2)c(C#N)c1C. The highest BCUT2D eigenvalue weighted by Crippen LogP contribution is 2.32. The molecule has 5 nitrogen and oxygen atoms in total. The van der Waals surface area contributed by atoms with Crippen LogP contribution in [0.1, 0.15) is 32.3 Å². The Bertz CT molecular complexity index is 1000. The molecule has 2 heterocycles. The second kappa shape index (κ2) is 7.42. The van der Waals surface area contributed by atoms with Gasteiger partial charge in [-0.05, 0) is 43.7 Å². The Kier molecular flexibility index (Phi) is 5.05. The molecule has 26 heavy (non-hydrogen) atoms. The Hall–Kier alpha value is -3.11. The molecular weight excluding hydrogens is 355 g/mol. The number of carbonyl (C=O) groups excluding carboxylic acids is 1. The molecule has 0 bridgehead atoms. The van der Waals surface area contributed by atoms with E-state index in [-0.39, 0.29) is 18.1 Å². The maximum absolute atomic E-state index is 13.5. The number of hydrogen-bond donors (Lipinski definition) is 1. The number of carbonyl (C=O) groups is 1. The van der Waals surface area contributed by atoms with E-state index < -0.39 is 11.7 Å². The zero-order valence-corrected chi connectivity index (χ0v) is 14.9. The van der Waals surface area contributed by atoms with Crippen molar-refractivity contribution in [2.45, 2.75) is 20.5 Å². The van der Waals surface area contributed by atoms with E-state index in [1.54, 1.807) is 18.2 Å². The fourth-order valence-corrected chi connectivity index (χ4v) is 3.31. The first-order valence-corrected chi connectivity index (χ1v) is 8.58. The van der Waals surface area contributed by atoms with Crippen LogP contribution in [0.3, 0.4) is 0 Å². The van der Waals surface area contributed by atoms with E-state index >= 15 is 0 Å². The van der Waals surface area contributed by atoms with Gasteiger partial charge in [0, 0.05) is 4.88 Å². The summed E-state index contributed by atoms with van der Waals surface area (Å²) in [6.07, 6.45) is 0. The van der Waals surface area contributed by atoms with Crippen LogP contribution in [0.2, 0.25) is 0 Å². The number of nitrogens with zero attached hydrogens (tertiary/aromatic N) is 1. The number of aryl methyl sites for hydroxylation is 1. The zero-order chi connectivity index (χ0) is 18.7. The van der Waals surface area contributed by atoms with Crippen LogP contribution in [0.4, 0.5) is 9.39 Å². The minimum Gasteiger partial charge on any atom is -0.483 e. The number of amides is 1. The normalized spacial score (nSPS) is 10.4. The number of benzene rings is 1. The highest BCUT2D eigenvalue weighted by Gasteiger charge is 2.18. The Morgan fingerprint density at radius 2 is 2.08 bits per heavy atom. The molecule has 0 spiro atoms. The summed E-state index contributed by atoms with van der Waals surface area (Å²) in [6.45, 7) is 3.72. The molecule has 0 aliphatic heterocycles. The maximum Gasteiger partial charge on any atom is 0.292 e. The van der Waals surface area contributed by atoms with Crippen LogP contribution >= 0.6 is 11.3 Å². The lowest BCUT2D eigenvalue weighted by Gasteiger charge is -2.05. The van der Waals surface area contributed by atoms with Crippen molar-refractivity contribution >= 4 is 22.2 Å². The Morgan fingerprint density at radius 3 is 2.81 bits per heavy atom. The summed E-state index contributed by atoms with van der Waals surface area (Å²) < 4.78 is 24.3. The van der Waals surface area contributed by atoms with E-state index in [9.17, 15) is 14.4 Å². The number of thiophene rings is 1. The van der Waals surface area contributed by atoms with Crippen molar-refractivity contribution in [2.75, 3.05) is 5.32 Å². The highest BCUT2D eigenvalue weighted by molar-refractivity contribution is 7.16. The van der Waals surface area contributed by atoms with E-state index in [4.69, 9.17) is 9.15 Å². The first-order valence-electron chi connectivity index (χ1n) is 7.77. The first kappa shape index (κ1) is 17.7. The summed E-state index contributed by atoms with van der Waals surface area (Å²) in [5, 5.41) is 12.4. The predicted octanol–water partition coefficient (Wildman–Crippen LogP) is 4.80. The van der Waals surface area contributed by atoms with E-state index in [2.05, 4.69) is 11.4 Å². The summed E-state index contributed by atoms with van der Waals surface area (Å²) in [7, 11) is 0. The van der Waals surface area contributed by atoms with Gasteiger partial charge in [0.1, 0.15) is 23.4 Å². The molecule has 3 rings (SSSR count). The minimum absolute atomic E-state index is 0.00508. The summed E-state index contributed by atoms with van der Waals surface area (Å²) in [5.41, 5.74) is 1.31. The third kappa shape index (κ3) is 3.60. The second-order valence-corrected chi connectivity index (χ2v) is 6.76. The summed E-state index contributed by atoms with van der Waals surface area (Å²) >= 11 is 1.34. The van der Waals surface area contributed by atoms with Crippen molar-refractivity contribution in [3.63, 3.8) is 0 Å². The van der Waals surface area contributed by atoms with Crippen molar-refractivity contribution in [1.29, 1.82) is 5.26 Å². The van der Waals surface area contributed by atoms with E-state index in [0.29, 0.717) is 16.3 Å². The minimum atomic E-state index is -0.468. The smallest absolute Gasteiger partial charge is 0.292 e. The van der Waals surface area contributed by atoms with Crippen LogP contribution in [-0.4, -0.2) is 5.91 Å². The van der Waals surface area contributed by atoms with Gasteiger partial charge in [-0.2, -0.15) is 5.26 Å². The number of nitrogens with one attached hydrogen (secondary N) is 1. The molecule has 0 atom stereocenters. The lowest BCUT2D eigenvalue weighted by atomic mass is 10.2. The predicted molar refractivity (Wildman–Crippen MR) is 95.9 cm³/mol. The van der Waals surface area contributed by atoms with E-state index in [1.165, 1.54) is 29.5 Å². The van der Waals surface area contributed by atoms with Crippen molar-refractivity contribution in [2.24, 2.45) is 0 Å². The molecule has 0 aliphatic carbocycles. The van der Waals surface area contributed by atoms with Gasteiger partial charge in [0.05, 0.1) is 5.56 Å². The molecule has 1 aromatic carbocycles. The molecule has 3 aromatic rings. The maximum atomic E-state index is 13.5. The third-order valence-electron chi connectivity index (χ3n) is 3.82. The van der Waals surface area contributed by atoms with Gasteiger partial charge >= 0.3 is 0 Å². The topological polar surface area (TPSA) is 75.3 Å². The van der Waals surface area contributed by atoms with Gasteiger partial charge in [-0.25, -0.2) is 4.39 Å². The van der Waals surface area contributed by atoms with Crippen LogP contribution in [0, 0.1) is 31.0 Å². The van der Waals surface area contributed by atoms with Crippen LogP contribution in [0.15, 0.2) is 40.8 Å². The van der Waals surface area contributed by atoms with Crippen LogP contribution in [-0.2, 0) is 6.61 Å². The molecule has 0 saturated heterocycles. The second-order valence-electron chi connectivity index (χ2n) is 5.54. The Labute approximate surface area is 153 Å². The quantitative estimate of drug-likeness (QED) is 0.700. The summed E-state index contributed by atoms with van der Waals surface area (Å²) in [5.74, 6) is -0.343. The van der Waals surface area contributed by atoms with Gasteiger partial charge in [-0.1, -0.05) is 12.1 Å². The van der Waals surface area contributed by atoms with Gasteiger partial charge in [0.2, 0.25) is 0 Å². The fraction of sp³-hybridized carbons (Fsp3) is 0.158. The average Bonchev–Trinajstić information content (AvgIpc) is 3.19. The molecule has 1 amide bonds. The molecule has 7 heteroatoms. The van der Waals surface area contributed by atoms with Gasteiger partial charge in [-0.15, -0.1) is 11.3 Å². The van der Waals surface area contributed by atoms with Gasteiger partial charge in [-0.3, -0.25) is 4.79 Å². The molecule has 0 fully saturated rings. The van der Waals surface area contributed by atoms with Crippen LogP contribution in [0.5, 0.6) is 5.75 Å². The zero-order valence-electron chi connectivity index (χ0n) is 14.1. The molecule has 132 valence electrons. The van der Waals surface area contributed by atoms with Crippen molar-refractivity contribution < 1.29 is 18.3 Å². The molecule has 0 radical (unpaired) electrons. The van der Waals surface area contributed by atoms with Crippen molar-refractivity contribution in [1.82, 2.24) is 0 Å². The highest BCUT2D eigenvalue weighted by atomic mass is 32.1. The summed E-state index contributed by atoms with van der Waals surface area (Å²) in [4.78, 5) is 13.3. The van der Waals surface area contributed by atoms with Gasteiger partial charge < -0.3 is 14.5 Å². The number of ether oxygens (including phenoxy) is 1. The van der Waals surface area contributed by atoms with Gasteiger partial charge in [0.25, 0.3) is 5.91 Å². The van der Waals surface area contributed by atoms with Crippen molar-refractivity contribution in [3.8, 4) is 11.8 Å². The van der Waals surface area contributed by atoms with E-state index in [0.717, 1.165) is 10.4 Å². The van der Waals surface area contributed by atoms with E-state index in [1.807, 2.05) is 13.8 Å². The Morgan fingerprint density at radius 1 is 1.31 bits per heavy atom. The van der Waals surface area contributed by atoms with Gasteiger partial charge in [0.15, 0.2) is 17.3 Å². The number of para-hydroxylation sites is 1. The number of hydrogen-bond acceptors (Lipinski definition) is 5. The molecule has 0 saturated carbocycles. The lowest BCUT2D eigenvalue weighted by molar-refractivity contribution is 0.0993. The number of rotatable bonds is 5. The molecule has 1 N–H and O–H groups in total. The fourth-order valence-electron chi connectivity index (χ4n) is 2.30. The number of halogens is 1. The van der Waals surface area contributed by atoms with Crippen LogP contribution in [0.25, 0.3) is 0 Å². The first-order chi connectivity index (χ1) is 12.5. The largest absolute Gasteiger partial charge is 0.483 e. The summed E-state index contributed by atoms with van der Waals surface area (Å²) in [6, 6.07) is 11.2. The van der Waals surface area contributed by atoms with Crippen molar-refractivity contribution in [3.05, 3.63) is 69.7 Å². The molecule has 0 aliphatic rings. The lowest BCUT2D eigenvalue weighted by Crippen LogP contribution is -2.10. The number of furan rings is 1. The number of anilines is 1. The third-order valence-corrected chi connectivity index (χ3v) is 4.94. The monoisotopic (exact) mass is 370 g/mol.